The predicted octanol–water partition coefficient (Wildman–Crippen LogP) is 1.47. The van der Waals surface area contributed by atoms with E-state index in [1.165, 1.54) is 12.8 Å². The van der Waals surface area contributed by atoms with Crippen LogP contribution >= 0.6 is 0 Å². The SMILES string of the molecule is C1=CN(C2CC2)CN=C1c1cnn2ncccc12. The van der Waals surface area contributed by atoms with Crippen LogP contribution in [0.3, 0.4) is 0 Å². The van der Waals surface area contributed by atoms with Gasteiger partial charge in [0, 0.05) is 24.0 Å². The topological polar surface area (TPSA) is 45.8 Å². The van der Waals surface area contributed by atoms with Crippen molar-refractivity contribution in [1.29, 1.82) is 0 Å². The molecule has 0 spiro atoms. The summed E-state index contributed by atoms with van der Waals surface area (Å²) in [4.78, 5) is 6.94. The lowest BCUT2D eigenvalue weighted by Gasteiger charge is -2.21. The van der Waals surface area contributed by atoms with E-state index in [0.29, 0.717) is 0 Å². The molecule has 2 aliphatic rings. The summed E-state index contributed by atoms with van der Waals surface area (Å²) in [6, 6.07) is 4.65. The van der Waals surface area contributed by atoms with Crippen LogP contribution in [0.4, 0.5) is 0 Å². The van der Waals surface area contributed by atoms with Crippen LogP contribution in [0.1, 0.15) is 18.4 Å². The third-order valence-corrected chi connectivity index (χ3v) is 3.42. The Hall–Kier alpha value is -2.17. The molecule has 3 heterocycles. The monoisotopic (exact) mass is 239 g/mol. The summed E-state index contributed by atoms with van der Waals surface area (Å²) in [7, 11) is 0. The van der Waals surface area contributed by atoms with Crippen molar-refractivity contribution < 1.29 is 0 Å². The highest BCUT2D eigenvalue weighted by Crippen LogP contribution is 2.28. The minimum atomic E-state index is 0.720. The zero-order valence-corrected chi connectivity index (χ0v) is 9.90. The molecule has 5 heteroatoms. The second-order valence-electron chi connectivity index (χ2n) is 4.70. The van der Waals surface area contributed by atoms with Gasteiger partial charge in [-0.05, 0) is 31.1 Å². The largest absolute Gasteiger partial charge is 0.355 e. The van der Waals surface area contributed by atoms with E-state index in [9.17, 15) is 0 Å². The molecule has 2 aromatic rings. The molecule has 5 nitrogen and oxygen atoms in total. The highest BCUT2D eigenvalue weighted by molar-refractivity contribution is 6.13. The van der Waals surface area contributed by atoms with Crippen LogP contribution in [0, 0.1) is 0 Å². The summed E-state index contributed by atoms with van der Waals surface area (Å²) in [5.41, 5.74) is 3.05. The van der Waals surface area contributed by atoms with Gasteiger partial charge in [0.2, 0.25) is 0 Å². The van der Waals surface area contributed by atoms with Crippen LogP contribution in [-0.4, -0.2) is 38.1 Å². The summed E-state index contributed by atoms with van der Waals surface area (Å²) in [5, 5.41) is 8.40. The maximum absolute atomic E-state index is 4.64. The molecule has 90 valence electrons. The smallest absolute Gasteiger partial charge is 0.110 e. The second-order valence-corrected chi connectivity index (χ2v) is 4.70. The minimum absolute atomic E-state index is 0.720. The molecule has 0 bridgehead atoms. The number of hydrogen-bond donors (Lipinski definition) is 0. The fraction of sp³-hybridized carbons (Fsp3) is 0.308. The minimum Gasteiger partial charge on any atom is -0.355 e. The molecular formula is C13H13N5. The van der Waals surface area contributed by atoms with Crippen LogP contribution in [0.5, 0.6) is 0 Å². The summed E-state index contributed by atoms with van der Waals surface area (Å²) < 4.78 is 1.64. The van der Waals surface area contributed by atoms with Crippen LogP contribution < -0.4 is 0 Å². The van der Waals surface area contributed by atoms with Gasteiger partial charge in [-0.25, -0.2) is 0 Å². The molecule has 0 unspecified atom stereocenters. The van der Waals surface area contributed by atoms with Crippen molar-refractivity contribution in [2.75, 3.05) is 6.67 Å². The average Bonchev–Trinajstić information content (AvgIpc) is 3.19. The first-order chi connectivity index (χ1) is 8.92. The van der Waals surface area contributed by atoms with Gasteiger partial charge in [0.1, 0.15) is 6.67 Å². The molecule has 1 fully saturated rings. The normalized spacial score (nSPS) is 19.3. The molecule has 0 N–H and O–H groups in total. The number of allylic oxidation sites excluding steroid dienone is 1. The van der Waals surface area contributed by atoms with Crippen molar-refractivity contribution >= 4 is 11.2 Å². The van der Waals surface area contributed by atoms with E-state index in [-0.39, 0.29) is 0 Å². The van der Waals surface area contributed by atoms with Gasteiger partial charge in [-0.3, -0.25) is 4.99 Å². The summed E-state index contributed by atoms with van der Waals surface area (Å²) in [6.07, 6.45) is 10.4. The van der Waals surface area contributed by atoms with Gasteiger partial charge in [-0.2, -0.15) is 14.8 Å². The Morgan fingerprint density at radius 2 is 2.17 bits per heavy atom. The highest BCUT2D eigenvalue weighted by Gasteiger charge is 2.27. The molecule has 0 amide bonds. The first-order valence-corrected chi connectivity index (χ1v) is 6.19. The lowest BCUT2D eigenvalue weighted by Crippen LogP contribution is -2.24. The molecule has 1 saturated carbocycles. The first-order valence-electron chi connectivity index (χ1n) is 6.19. The van der Waals surface area contributed by atoms with Gasteiger partial charge in [-0.1, -0.05) is 0 Å². The first kappa shape index (κ1) is 9.82. The summed E-state index contributed by atoms with van der Waals surface area (Å²) in [6.45, 7) is 0.758. The maximum atomic E-state index is 4.64. The number of fused-ring (bicyclic) bond motifs is 1. The van der Waals surface area contributed by atoms with Gasteiger partial charge in [-0.15, -0.1) is 0 Å². The van der Waals surface area contributed by atoms with Crippen molar-refractivity contribution in [2.45, 2.75) is 18.9 Å². The molecule has 0 radical (unpaired) electrons. The Bertz CT molecular complexity index is 650. The zero-order valence-electron chi connectivity index (χ0n) is 9.90. The van der Waals surface area contributed by atoms with Gasteiger partial charge in [0.05, 0.1) is 17.4 Å². The number of hydrogen-bond acceptors (Lipinski definition) is 4. The van der Waals surface area contributed by atoms with E-state index in [4.69, 9.17) is 0 Å². The van der Waals surface area contributed by atoms with Crippen molar-refractivity contribution in [3.05, 3.63) is 42.4 Å². The molecule has 0 aromatic carbocycles. The molecule has 18 heavy (non-hydrogen) atoms. The van der Waals surface area contributed by atoms with Crippen molar-refractivity contribution in [1.82, 2.24) is 19.7 Å². The highest BCUT2D eigenvalue weighted by atomic mass is 15.4. The van der Waals surface area contributed by atoms with E-state index in [1.807, 2.05) is 18.3 Å². The predicted molar refractivity (Wildman–Crippen MR) is 68.4 cm³/mol. The molecule has 1 aliphatic carbocycles. The second kappa shape index (κ2) is 3.66. The quantitative estimate of drug-likeness (QED) is 0.797. The lowest BCUT2D eigenvalue weighted by molar-refractivity contribution is 0.375. The average molecular weight is 239 g/mol. The van der Waals surface area contributed by atoms with Crippen LogP contribution in [0.25, 0.3) is 5.52 Å². The third-order valence-electron chi connectivity index (χ3n) is 3.42. The molecule has 2 aromatic heterocycles. The zero-order chi connectivity index (χ0) is 11.9. The van der Waals surface area contributed by atoms with E-state index >= 15 is 0 Å². The Morgan fingerprint density at radius 1 is 1.22 bits per heavy atom. The molecule has 4 rings (SSSR count). The van der Waals surface area contributed by atoms with Crippen molar-refractivity contribution in [3.8, 4) is 0 Å². The van der Waals surface area contributed by atoms with Gasteiger partial charge >= 0.3 is 0 Å². The fourth-order valence-corrected chi connectivity index (χ4v) is 2.27. The third kappa shape index (κ3) is 1.51. The van der Waals surface area contributed by atoms with Crippen LogP contribution in [0.2, 0.25) is 0 Å². The van der Waals surface area contributed by atoms with E-state index in [0.717, 1.165) is 29.5 Å². The van der Waals surface area contributed by atoms with Crippen molar-refractivity contribution in [3.63, 3.8) is 0 Å². The standard InChI is InChI=1S/C13H13N5/c1-2-13-11(8-16-18(13)15-6-1)12-5-7-17(9-14-12)10-3-4-10/h1-2,5-8,10H,3-4,9H2. The molecule has 0 saturated heterocycles. The molecule has 0 atom stereocenters. The Labute approximate surface area is 104 Å². The van der Waals surface area contributed by atoms with Gasteiger partial charge in [0.25, 0.3) is 0 Å². The number of nitrogens with zero attached hydrogens (tertiary/aromatic N) is 5. The van der Waals surface area contributed by atoms with E-state index < -0.39 is 0 Å². The fourth-order valence-electron chi connectivity index (χ4n) is 2.27. The van der Waals surface area contributed by atoms with Gasteiger partial charge < -0.3 is 4.90 Å². The Morgan fingerprint density at radius 3 is 2.94 bits per heavy atom. The van der Waals surface area contributed by atoms with E-state index in [1.54, 1.807) is 10.8 Å². The maximum Gasteiger partial charge on any atom is 0.110 e. The number of aliphatic imine (C=N–C) groups is 1. The number of aromatic nitrogens is 3. The van der Waals surface area contributed by atoms with E-state index in [2.05, 4.69) is 32.4 Å². The number of rotatable bonds is 2. The van der Waals surface area contributed by atoms with Crippen LogP contribution in [-0.2, 0) is 0 Å². The van der Waals surface area contributed by atoms with Crippen molar-refractivity contribution in [2.24, 2.45) is 4.99 Å². The van der Waals surface area contributed by atoms with Crippen LogP contribution in [0.15, 0.2) is 41.8 Å². The lowest BCUT2D eigenvalue weighted by atomic mass is 10.1. The summed E-state index contributed by atoms with van der Waals surface area (Å²) in [5.74, 6) is 0. The Balaban J connectivity index is 1.69. The molecular weight excluding hydrogens is 226 g/mol. The molecule has 1 aliphatic heterocycles. The van der Waals surface area contributed by atoms with Gasteiger partial charge in [0.15, 0.2) is 0 Å². The summed E-state index contributed by atoms with van der Waals surface area (Å²) >= 11 is 0. The Kier molecular flexibility index (Phi) is 2.00.